The lowest BCUT2D eigenvalue weighted by Gasteiger charge is -2.31. The molecule has 210 valence electrons. The molecular weight excluding hydrogens is 532 g/mol. The van der Waals surface area contributed by atoms with Gasteiger partial charge in [-0.2, -0.15) is 5.26 Å². The first-order valence-electron chi connectivity index (χ1n) is 13.5. The van der Waals surface area contributed by atoms with E-state index in [0.29, 0.717) is 37.1 Å². The number of ether oxygens (including phenoxy) is 2. The second kappa shape index (κ2) is 11.3. The van der Waals surface area contributed by atoms with Gasteiger partial charge in [-0.25, -0.2) is 14.8 Å². The van der Waals surface area contributed by atoms with Crippen LogP contribution in [0, 0.1) is 11.3 Å². The van der Waals surface area contributed by atoms with Crippen molar-refractivity contribution in [3.05, 3.63) is 29.2 Å². The Balaban J connectivity index is 1.72. The smallest absolute Gasteiger partial charge is 0.410 e. The number of nitrogens with zero attached hydrogens (tertiary/aromatic N) is 6. The number of carbonyl (C=O) groups is 1. The molecule has 4 rings (SSSR count). The van der Waals surface area contributed by atoms with E-state index in [2.05, 4.69) is 35.6 Å². The number of carbonyl (C=O) groups excluding carboxylic acids is 1. The zero-order valence-corrected chi connectivity index (χ0v) is 25.8. The summed E-state index contributed by atoms with van der Waals surface area (Å²) < 4.78 is 13.8. The highest BCUT2D eigenvalue weighted by molar-refractivity contribution is 6.76. The number of hydrogen-bond acceptors (Lipinski definition) is 7. The van der Waals surface area contributed by atoms with E-state index in [1.165, 1.54) is 0 Å². The molecule has 0 radical (unpaired) electrons. The zero-order chi connectivity index (χ0) is 28.5. The standard InChI is InChI=1S/C28H39ClN6O3Si/c1-8-34(27(36)38-28(2,3)4)20-9-10-33(17-20)25-22(29)15-32-26-24(25)21-13-19(14-30)31-16-23(21)35(26)18-37-11-12-39(5,6)7/h13,15-16,20H,8-12,17-18H2,1-7H3/t20-/m0/s1. The number of fused-ring (bicyclic) bond motifs is 3. The molecule has 39 heavy (non-hydrogen) atoms. The Morgan fingerprint density at radius 1 is 1.28 bits per heavy atom. The number of rotatable bonds is 8. The van der Waals surface area contributed by atoms with E-state index < -0.39 is 13.7 Å². The topological polar surface area (TPSA) is 96.5 Å². The van der Waals surface area contributed by atoms with E-state index in [9.17, 15) is 10.1 Å². The molecule has 1 saturated heterocycles. The predicted octanol–water partition coefficient (Wildman–Crippen LogP) is 6.26. The molecule has 3 aromatic heterocycles. The molecule has 0 unspecified atom stereocenters. The van der Waals surface area contributed by atoms with Crippen LogP contribution in [0.5, 0.6) is 0 Å². The third kappa shape index (κ3) is 6.48. The average Bonchev–Trinajstić information content (AvgIpc) is 3.43. The molecule has 0 saturated carbocycles. The summed E-state index contributed by atoms with van der Waals surface area (Å²) in [5.74, 6) is 0. The number of halogens is 1. The van der Waals surface area contributed by atoms with Gasteiger partial charge in [-0.1, -0.05) is 31.2 Å². The van der Waals surface area contributed by atoms with Crippen LogP contribution in [0.2, 0.25) is 30.7 Å². The van der Waals surface area contributed by atoms with Crippen molar-refractivity contribution >= 4 is 53.4 Å². The molecule has 11 heteroatoms. The lowest BCUT2D eigenvalue weighted by Crippen LogP contribution is -2.44. The third-order valence-electron chi connectivity index (χ3n) is 6.91. The Kier molecular flexibility index (Phi) is 8.45. The Bertz CT molecular complexity index is 1410. The number of anilines is 1. The van der Waals surface area contributed by atoms with Gasteiger partial charge < -0.3 is 19.3 Å². The SMILES string of the molecule is CCN(C(=O)OC(C)(C)C)[C@H]1CCN(c2c(Cl)cnc3c2c2cc(C#N)ncc2n3COCC[Si](C)(C)C)C1. The van der Waals surface area contributed by atoms with Gasteiger partial charge in [0.2, 0.25) is 0 Å². The summed E-state index contributed by atoms with van der Waals surface area (Å²) in [4.78, 5) is 26.0. The van der Waals surface area contributed by atoms with Crippen LogP contribution in [-0.4, -0.2) is 71.5 Å². The van der Waals surface area contributed by atoms with E-state index in [4.69, 9.17) is 26.1 Å². The molecule has 9 nitrogen and oxygen atoms in total. The zero-order valence-electron chi connectivity index (χ0n) is 24.0. The van der Waals surface area contributed by atoms with Crippen LogP contribution in [0.25, 0.3) is 21.9 Å². The monoisotopic (exact) mass is 570 g/mol. The van der Waals surface area contributed by atoms with Gasteiger partial charge in [-0.05, 0) is 46.2 Å². The highest BCUT2D eigenvalue weighted by atomic mass is 35.5. The fourth-order valence-electron chi connectivity index (χ4n) is 4.99. The number of hydrogen-bond donors (Lipinski definition) is 0. The summed E-state index contributed by atoms with van der Waals surface area (Å²) in [5.41, 5.74) is 2.19. The van der Waals surface area contributed by atoms with Crippen molar-refractivity contribution < 1.29 is 14.3 Å². The lowest BCUT2D eigenvalue weighted by atomic mass is 10.1. The van der Waals surface area contributed by atoms with E-state index >= 15 is 0 Å². The van der Waals surface area contributed by atoms with Gasteiger partial charge in [0.15, 0.2) is 0 Å². The van der Waals surface area contributed by atoms with Crippen LogP contribution in [0.1, 0.15) is 39.8 Å². The van der Waals surface area contributed by atoms with E-state index in [-0.39, 0.29) is 12.1 Å². The van der Waals surface area contributed by atoms with E-state index in [1.807, 2.05) is 32.3 Å². The molecule has 0 spiro atoms. The van der Waals surface area contributed by atoms with Crippen molar-refractivity contribution in [2.75, 3.05) is 31.1 Å². The number of amides is 1. The predicted molar refractivity (Wildman–Crippen MR) is 158 cm³/mol. The molecule has 0 aromatic carbocycles. The van der Waals surface area contributed by atoms with Gasteiger partial charge in [0, 0.05) is 39.7 Å². The Morgan fingerprint density at radius 3 is 2.67 bits per heavy atom. The van der Waals surface area contributed by atoms with Crippen LogP contribution < -0.4 is 4.90 Å². The quantitative estimate of drug-likeness (QED) is 0.233. The maximum Gasteiger partial charge on any atom is 0.410 e. The maximum atomic E-state index is 12.9. The van der Waals surface area contributed by atoms with Gasteiger partial charge in [0.25, 0.3) is 0 Å². The number of likely N-dealkylation sites (N-methyl/N-ethyl adjacent to an activating group) is 1. The minimum atomic E-state index is -1.23. The third-order valence-corrected chi connectivity index (χ3v) is 8.89. The van der Waals surface area contributed by atoms with Gasteiger partial charge in [-0.3, -0.25) is 4.57 Å². The Hall–Kier alpha value is -2.87. The summed E-state index contributed by atoms with van der Waals surface area (Å²) in [5, 5.41) is 11.8. The first-order chi connectivity index (χ1) is 18.3. The molecule has 1 amide bonds. The second-order valence-electron chi connectivity index (χ2n) is 12.3. The van der Waals surface area contributed by atoms with Crippen molar-refractivity contribution in [3.8, 4) is 6.07 Å². The first-order valence-corrected chi connectivity index (χ1v) is 17.6. The van der Waals surface area contributed by atoms with E-state index in [1.54, 1.807) is 23.4 Å². The molecule has 3 aromatic rings. The Morgan fingerprint density at radius 2 is 2.03 bits per heavy atom. The van der Waals surface area contributed by atoms with Crippen LogP contribution >= 0.6 is 11.6 Å². The summed E-state index contributed by atoms with van der Waals surface area (Å²) in [6, 6.07) is 5.00. The average molecular weight is 571 g/mol. The van der Waals surface area contributed by atoms with Crippen molar-refractivity contribution in [2.45, 2.75) is 78.2 Å². The fraction of sp³-hybridized carbons (Fsp3) is 0.571. The molecule has 1 aliphatic heterocycles. The molecule has 1 atom stereocenters. The maximum absolute atomic E-state index is 12.9. The van der Waals surface area contributed by atoms with Crippen molar-refractivity contribution in [1.29, 1.82) is 5.26 Å². The summed E-state index contributed by atoms with van der Waals surface area (Å²) in [7, 11) is -1.23. The minimum absolute atomic E-state index is 0.0151. The summed E-state index contributed by atoms with van der Waals surface area (Å²) >= 11 is 6.83. The van der Waals surface area contributed by atoms with Crippen LogP contribution in [0.3, 0.4) is 0 Å². The largest absolute Gasteiger partial charge is 0.444 e. The normalized spacial score (nSPS) is 16.2. The highest BCUT2D eigenvalue weighted by Gasteiger charge is 2.34. The molecule has 4 heterocycles. The second-order valence-corrected chi connectivity index (χ2v) is 18.3. The summed E-state index contributed by atoms with van der Waals surface area (Å²) in [6.45, 7) is 17.5. The minimum Gasteiger partial charge on any atom is -0.444 e. The summed E-state index contributed by atoms with van der Waals surface area (Å²) in [6.07, 6.45) is 3.87. The van der Waals surface area contributed by atoms with Crippen molar-refractivity contribution in [2.24, 2.45) is 0 Å². The number of aromatic nitrogens is 3. The van der Waals surface area contributed by atoms with Crippen LogP contribution in [0.15, 0.2) is 18.5 Å². The van der Waals surface area contributed by atoms with Crippen molar-refractivity contribution in [1.82, 2.24) is 19.4 Å². The molecule has 0 aliphatic carbocycles. The highest BCUT2D eigenvalue weighted by Crippen LogP contribution is 2.41. The molecular formula is C28H39ClN6O3Si. The van der Waals surface area contributed by atoms with Gasteiger partial charge in [0.05, 0.1) is 40.0 Å². The van der Waals surface area contributed by atoms with E-state index in [0.717, 1.165) is 46.6 Å². The fourth-order valence-corrected chi connectivity index (χ4v) is 6.01. The van der Waals surface area contributed by atoms with Gasteiger partial charge >= 0.3 is 6.09 Å². The van der Waals surface area contributed by atoms with Gasteiger partial charge in [0.1, 0.15) is 29.7 Å². The molecule has 1 fully saturated rings. The van der Waals surface area contributed by atoms with Gasteiger partial charge in [-0.15, -0.1) is 0 Å². The molecule has 1 aliphatic rings. The number of pyridine rings is 2. The molecule has 0 N–H and O–H groups in total. The Labute approximate surface area is 236 Å². The lowest BCUT2D eigenvalue weighted by molar-refractivity contribution is 0.0191. The first kappa shape index (κ1) is 29.1. The van der Waals surface area contributed by atoms with Crippen molar-refractivity contribution in [3.63, 3.8) is 0 Å². The van der Waals surface area contributed by atoms with Crippen LogP contribution in [0.4, 0.5) is 10.5 Å². The molecule has 0 bridgehead atoms. The van der Waals surface area contributed by atoms with Crippen LogP contribution in [-0.2, 0) is 16.2 Å². The number of nitriles is 1.